The summed E-state index contributed by atoms with van der Waals surface area (Å²) in [6.45, 7) is 3.35. The van der Waals surface area contributed by atoms with E-state index in [0.717, 1.165) is 38.5 Å². The first-order valence-corrected chi connectivity index (χ1v) is 27.8. The lowest BCUT2D eigenvalue weighted by molar-refractivity contribution is -0.220. The Balaban J connectivity index is 2.36. The highest BCUT2D eigenvalue weighted by Gasteiger charge is 2.51. The molecule has 0 aromatic carbocycles. The zero-order valence-corrected chi connectivity index (χ0v) is 41.5. The lowest BCUT2D eigenvalue weighted by atomic mass is 9.85. The Morgan fingerprint density at radius 1 is 0.422 bits per heavy atom. The number of rotatable bonds is 45. The van der Waals surface area contributed by atoms with Crippen molar-refractivity contribution in [2.45, 2.75) is 294 Å². The van der Waals surface area contributed by atoms with Crippen molar-refractivity contribution in [1.82, 2.24) is 0 Å². The largest absolute Gasteiger partial charge is 0.472 e. The van der Waals surface area contributed by atoms with Gasteiger partial charge < -0.3 is 39.9 Å². The minimum absolute atomic E-state index is 0.106. The molecule has 0 aliphatic heterocycles. The summed E-state index contributed by atoms with van der Waals surface area (Å²) in [5.41, 5.74) is 0. The van der Waals surface area contributed by atoms with Crippen LogP contribution in [0.15, 0.2) is 0 Å². The lowest BCUT2D eigenvalue weighted by Gasteiger charge is -2.41. The molecule has 64 heavy (non-hydrogen) atoms. The topological polar surface area (TPSA) is 210 Å². The molecule has 6 unspecified atom stereocenters. The maximum absolute atomic E-state index is 12.8. The summed E-state index contributed by atoms with van der Waals surface area (Å²) in [4.78, 5) is 35.8. The van der Waals surface area contributed by atoms with Gasteiger partial charge in [0.2, 0.25) is 0 Å². The van der Waals surface area contributed by atoms with Gasteiger partial charge in [-0.25, -0.2) is 4.57 Å². The summed E-state index contributed by atoms with van der Waals surface area (Å²) < 4.78 is 33.7. The second-order valence-corrected chi connectivity index (χ2v) is 20.2. The van der Waals surface area contributed by atoms with Crippen LogP contribution in [0.5, 0.6) is 0 Å². The summed E-state index contributed by atoms with van der Waals surface area (Å²) in [5.74, 6) is -1.08. The summed E-state index contributed by atoms with van der Waals surface area (Å²) in [6.07, 6.45) is 30.1. The summed E-state index contributed by atoms with van der Waals surface area (Å²) in [5, 5.41) is 50.3. The molecule has 13 nitrogen and oxygen atoms in total. The van der Waals surface area contributed by atoms with Crippen LogP contribution in [0.4, 0.5) is 0 Å². The first-order chi connectivity index (χ1) is 30.9. The molecule has 8 atom stereocenters. The summed E-state index contributed by atoms with van der Waals surface area (Å²) in [7, 11) is -5.11. The van der Waals surface area contributed by atoms with Crippen LogP contribution in [-0.4, -0.2) is 98.3 Å². The third-order valence-corrected chi connectivity index (χ3v) is 13.7. The van der Waals surface area contributed by atoms with Gasteiger partial charge in [-0.2, -0.15) is 0 Å². The van der Waals surface area contributed by atoms with Crippen molar-refractivity contribution in [3.8, 4) is 0 Å². The average molecular weight is 937 g/mol. The Morgan fingerprint density at radius 3 is 1.03 bits per heavy atom. The van der Waals surface area contributed by atoms with Gasteiger partial charge >= 0.3 is 19.8 Å². The van der Waals surface area contributed by atoms with Gasteiger partial charge in [0, 0.05) is 12.8 Å². The van der Waals surface area contributed by atoms with E-state index in [9.17, 15) is 44.6 Å². The number of phosphoric acid groups is 1. The zero-order chi connectivity index (χ0) is 47.1. The molecule has 6 N–H and O–H groups in total. The van der Waals surface area contributed by atoms with Crippen molar-refractivity contribution >= 4 is 19.8 Å². The Labute approximate surface area is 389 Å². The average Bonchev–Trinajstić information content (AvgIpc) is 3.28. The van der Waals surface area contributed by atoms with Crippen LogP contribution in [0, 0.1) is 0 Å². The summed E-state index contributed by atoms with van der Waals surface area (Å²) in [6, 6.07) is 0. The second-order valence-electron chi connectivity index (χ2n) is 18.7. The quantitative estimate of drug-likeness (QED) is 0.0191. The van der Waals surface area contributed by atoms with Crippen LogP contribution in [-0.2, 0) is 32.7 Å². The number of ether oxygens (including phenoxy) is 2. The molecule has 0 amide bonds. The predicted molar refractivity (Wildman–Crippen MR) is 254 cm³/mol. The molecule has 1 fully saturated rings. The van der Waals surface area contributed by atoms with Gasteiger partial charge in [0.15, 0.2) is 6.10 Å². The van der Waals surface area contributed by atoms with Crippen LogP contribution in [0.3, 0.4) is 0 Å². The fourth-order valence-corrected chi connectivity index (χ4v) is 9.44. The van der Waals surface area contributed by atoms with Gasteiger partial charge in [0.25, 0.3) is 0 Å². The Morgan fingerprint density at radius 2 is 0.703 bits per heavy atom. The Bertz CT molecular complexity index is 1130. The molecule has 0 saturated heterocycles. The highest BCUT2D eigenvalue weighted by molar-refractivity contribution is 7.47. The van der Waals surface area contributed by atoms with Gasteiger partial charge in [-0.1, -0.05) is 226 Å². The fraction of sp³-hybridized carbons (Fsp3) is 0.960. The second kappa shape index (κ2) is 40.9. The maximum Gasteiger partial charge on any atom is 0.472 e. The van der Waals surface area contributed by atoms with E-state index in [-0.39, 0.29) is 12.8 Å². The van der Waals surface area contributed by atoms with Crippen molar-refractivity contribution in [2.75, 3.05) is 13.2 Å². The SMILES string of the molecule is CCCCCCCCCCCCCCCCCCCCCCC(=O)O[C@H](COC(=O)CCCCCCCCCCCCCCCCC)COP(=O)(O)OC1C(O)C(O)C(O)[C@@H](O)C1O. The molecule has 0 radical (unpaired) electrons. The Hall–Kier alpha value is -1.15. The fourth-order valence-electron chi connectivity index (χ4n) is 8.47. The molecule has 0 bridgehead atoms. The van der Waals surface area contributed by atoms with Gasteiger partial charge in [-0.3, -0.25) is 18.6 Å². The lowest BCUT2D eigenvalue weighted by Crippen LogP contribution is -2.64. The normalized spacial score (nSPS) is 21.4. The van der Waals surface area contributed by atoms with Crippen LogP contribution in [0.1, 0.15) is 251 Å². The number of aliphatic hydroxyl groups excluding tert-OH is 5. The van der Waals surface area contributed by atoms with Crippen molar-refractivity contribution in [3.63, 3.8) is 0 Å². The molecule has 0 aromatic rings. The molecule has 380 valence electrons. The maximum atomic E-state index is 12.8. The van der Waals surface area contributed by atoms with Crippen molar-refractivity contribution in [2.24, 2.45) is 0 Å². The van der Waals surface area contributed by atoms with Gasteiger partial charge in [0.05, 0.1) is 6.61 Å². The zero-order valence-electron chi connectivity index (χ0n) is 40.6. The summed E-state index contributed by atoms with van der Waals surface area (Å²) >= 11 is 0. The van der Waals surface area contributed by atoms with E-state index in [1.807, 2.05) is 0 Å². The third kappa shape index (κ3) is 32.5. The van der Waals surface area contributed by atoms with Crippen LogP contribution in [0.25, 0.3) is 0 Å². The highest BCUT2D eigenvalue weighted by Crippen LogP contribution is 2.47. The number of carbonyl (C=O) groups is 2. The number of unbranched alkanes of at least 4 members (excludes halogenated alkanes) is 33. The minimum Gasteiger partial charge on any atom is -0.462 e. The molecule has 1 aliphatic rings. The van der Waals surface area contributed by atoms with Gasteiger partial charge in [-0.05, 0) is 12.8 Å². The predicted octanol–water partition coefficient (Wildman–Crippen LogP) is 11.2. The van der Waals surface area contributed by atoms with E-state index in [1.165, 1.54) is 173 Å². The first-order valence-electron chi connectivity index (χ1n) is 26.3. The molecular weight excluding hydrogens is 840 g/mol. The van der Waals surface area contributed by atoms with Crippen LogP contribution >= 0.6 is 7.82 Å². The molecule has 0 spiro atoms. The van der Waals surface area contributed by atoms with Crippen LogP contribution in [0.2, 0.25) is 0 Å². The van der Waals surface area contributed by atoms with E-state index in [2.05, 4.69) is 13.8 Å². The molecule has 1 saturated carbocycles. The van der Waals surface area contributed by atoms with E-state index >= 15 is 0 Å². The minimum atomic E-state index is -5.11. The number of aliphatic hydroxyl groups is 5. The molecular formula is C50H97O13P. The van der Waals surface area contributed by atoms with Gasteiger partial charge in [-0.15, -0.1) is 0 Å². The van der Waals surface area contributed by atoms with E-state index in [1.54, 1.807) is 0 Å². The highest BCUT2D eigenvalue weighted by atomic mass is 31.2. The molecule has 0 aromatic heterocycles. The molecule has 1 rings (SSSR count). The molecule has 1 aliphatic carbocycles. The first kappa shape index (κ1) is 60.9. The Kier molecular flexibility index (Phi) is 38.9. The monoisotopic (exact) mass is 937 g/mol. The molecule has 14 heteroatoms. The number of carbonyl (C=O) groups excluding carboxylic acids is 2. The number of esters is 2. The molecule has 0 heterocycles. The van der Waals surface area contributed by atoms with Crippen molar-refractivity contribution in [1.29, 1.82) is 0 Å². The van der Waals surface area contributed by atoms with E-state index in [4.69, 9.17) is 18.5 Å². The number of hydrogen-bond donors (Lipinski definition) is 6. The smallest absolute Gasteiger partial charge is 0.462 e. The standard InChI is InChI=1S/C50H97O13P/c1-3-5-7-9-11-13-15-17-19-20-21-22-23-25-27-29-31-33-35-37-39-44(52)62-42(41-61-64(58,59)63-50-48(56)46(54)45(53)47(55)49(50)57)40-60-43(51)38-36-34-32-30-28-26-24-18-16-14-12-10-8-6-4-2/h42,45-50,53-57H,3-41H2,1-2H3,(H,58,59)/t42-,45?,46-,47?,48?,49?,50?/m1/s1. The van der Waals surface area contributed by atoms with Crippen molar-refractivity contribution < 1.29 is 63.1 Å². The third-order valence-electron chi connectivity index (χ3n) is 12.7. The van der Waals surface area contributed by atoms with Crippen LogP contribution < -0.4 is 0 Å². The van der Waals surface area contributed by atoms with E-state index < -0.39 is 75.7 Å². The number of phosphoric ester groups is 1. The van der Waals surface area contributed by atoms with Crippen molar-refractivity contribution in [3.05, 3.63) is 0 Å². The van der Waals surface area contributed by atoms with E-state index in [0.29, 0.717) is 12.8 Å². The number of hydrogen-bond acceptors (Lipinski definition) is 12. The van der Waals surface area contributed by atoms with Gasteiger partial charge in [0.1, 0.15) is 43.2 Å².